The fourth-order valence-electron chi connectivity index (χ4n) is 6.18. The first-order chi connectivity index (χ1) is 16.3. The largest absolute Gasteiger partial charge is 0.378 e. The van der Waals surface area contributed by atoms with Crippen LogP contribution in [0.3, 0.4) is 0 Å². The number of carbonyl (C=O) groups excluding carboxylic acids is 2. The Kier molecular flexibility index (Phi) is 8.71. The van der Waals surface area contributed by atoms with Crippen molar-refractivity contribution < 1.29 is 14.3 Å². The molecule has 1 amide bonds. The van der Waals surface area contributed by atoms with Crippen LogP contribution in [-0.4, -0.2) is 59.9 Å². The summed E-state index contributed by atoms with van der Waals surface area (Å²) in [5.74, 6) is 1.33. The molecule has 188 valence electrons. The maximum absolute atomic E-state index is 12.9. The molecule has 0 bridgehead atoms. The van der Waals surface area contributed by atoms with Crippen molar-refractivity contribution in [3.05, 3.63) is 33.8 Å². The second-order valence-corrected chi connectivity index (χ2v) is 11.4. The Labute approximate surface area is 210 Å². The second kappa shape index (κ2) is 11.5. The molecule has 2 unspecified atom stereocenters. The van der Waals surface area contributed by atoms with Gasteiger partial charge in [0.1, 0.15) is 5.78 Å². The monoisotopic (exact) mass is 488 g/mol. The Morgan fingerprint density at radius 1 is 1.09 bits per heavy atom. The summed E-state index contributed by atoms with van der Waals surface area (Å²) in [6.45, 7) is 10.5. The normalized spacial score (nSPS) is 26.7. The van der Waals surface area contributed by atoms with Gasteiger partial charge >= 0.3 is 0 Å². The van der Waals surface area contributed by atoms with E-state index in [0.29, 0.717) is 35.5 Å². The van der Waals surface area contributed by atoms with Crippen LogP contribution in [0.1, 0.15) is 75.5 Å². The summed E-state index contributed by atoms with van der Waals surface area (Å²) < 4.78 is 5.63. The van der Waals surface area contributed by atoms with E-state index < -0.39 is 0 Å². The van der Waals surface area contributed by atoms with Gasteiger partial charge in [-0.25, -0.2) is 0 Å². The minimum Gasteiger partial charge on any atom is -0.378 e. The molecular weight excluding hydrogens is 448 g/mol. The Bertz CT molecular complexity index is 883. The zero-order chi connectivity index (χ0) is 24.2. The summed E-state index contributed by atoms with van der Waals surface area (Å²) in [6, 6.07) is 4.24. The molecule has 2 aliphatic heterocycles. The van der Waals surface area contributed by atoms with Crippen LogP contribution in [0.2, 0.25) is 5.02 Å². The molecule has 1 aromatic rings. The number of benzene rings is 1. The van der Waals surface area contributed by atoms with Gasteiger partial charge < -0.3 is 9.64 Å². The van der Waals surface area contributed by atoms with Crippen molar-refractivity contribution in [2.45, 2.75) is 90.8 Å². The van der Waals surface area contributed by atoms with Crippen molar-refractivity contribution >= 4 is 23.3 Å². The Morgan fingerprint density at radius 3 is 2.53 bits per heavy atom. The van der Waals surface area contributed by atoms with Gasteiger partial charge in [0.05, 0.1) is 6.10 Å². The highest BCUT2D eigenvalue weighted by molar-refractivity contribution is 6.30. The van der Waals surface area contributed by atoms with Crippen LogP contribution in [-0.2, 0) is 27.3 Å². The average molecular weight is 489 g/mol. The van der Waals surface area contributed by atoms with Crippen LogP contribution >= 0.6 is 11.6 Å². The van der Waals surface area contributed by atoms with Crippen LogP contribution in [0.5, 0.6) is 0 Å². The molecule has 3 fully saturated rings. The third kappa shape index (κ3) is 6.41. The van der Waals surface area contributed by atoms with Crippen LogP contribution in [0.4, 0.5) is 0 Å². The number of rotatable bonds is 7. The number of hydrogen-bond donors (Lipinski definition) is 0. The summed E-state index contributed by atoms with van der Waals surface area (Å²) in [5, 5.41) is 0.700. The molecule has 3 atom stereocenters. The molecule has 4 rings (SSSR count). The first-order valence-electron chi connectivity index (χ1n) is 13.2. The predicted molar refractivity (Wildman–Crippen MR) is 136 cm³/mol. The molecular formula is C28H41ClN2O3. The lowest BCUT2D eigenvalue weighted by Gasteiger charge is -2.41. The molecule has 6 heteroatoms. The van der Waals surface area contributed by atoms with Crippen molar-refractivity contribution in [1.29, 1.82) is 0 Å². The maximum Gasteiger partial charge on any atom is 0.226 e. The quantitative estimate of drug-likeness (QED) is 0.530. The van der Waals surface area contributed by atoms with E-state index >= 15 is 0 Å². The second-order valence-electron chi connectivity index (χ2n) is 10.9. The van der Waals surface area contributed by atoms with Gasteiger partial charge in [0, 0.05) is 62.6 Å². The standard InChI is InChI=1S/C28H41ClN2O3/c1-19-17-30(9-10-31(19)28(33)23-6-4-5-7-23)18-25-15-26(29)14-24(21(25)3)16-27(32)13-22-8-11-34-20(2)12-22/h14-15,19-20,22-23H,4-13,16-18H2,1-3H3/t19-,20?,22?/m0/s1. The molecule has 3 aliphatic rings. The van der Waals surface area contributed by atoms with Crippen LogP contribution in [0.25, 0.3) is 0 Å². The number of ketones is 1. The Hall–Kier alpha value is -1.43. The zero-order valence-corrected chi connectivity index (χ0v) is 21.9. The summed E-state index contributed by atoms with van der Waals surface area (Å²) in [7, 11) is 0. The summed E-state index contributed by atoms with van der Waals surface area (Å²) >= 11 is 6.50. The van der Waals surface area contributed by atoms with Gasteiger partial charge in [0.25, 0.3) is 0 Å². The van der Waals surface area contributed by atoms with Gasteiger partial charge in [-0.05, 0) is 81.2 Å². The highest BCUT2D eigenvalue weighted by Gasteiger charge is 2.33. The number of piperazine rings is 1. The van der Waals surface area contributed by atoms with Crippen molar-refractivity contribution in [3.8, 4) is 0 Å². The number of ether oxygens (including phenoxy) is 1. The number of nitrogens with zero attached hydrogens (tertiary/aromatic N) is 2. The van der Waals surface area contributed by atoms with Gasteiger partial charge in [0.2, 0.25) is 5.91 Å². The maximum atomic E-state index is 12.9. The summed E-state index contributed by atoms with van der Waals surface area (Å²) in [5.41, 5.74) is 3.42. The van der Waals surface area contributed by atoms with Gasteiger partial charge in [-0.3, -0.25) is 14.5 Å². The van der Waals surface area contributed by atoms with Crippen LogP contribution in [0.15, 0.2) is 12.1 Å². The first kappa shape index (κ1) is 25.7. The minimum atomic E-state index is 0.226. The van der Waals surface area contributed by atoms with Gasteiger partial charge in [0.15, 0.2) is 0 Å². The molecule has 2 saturated heterocycles. The smallest absolute Gasteiger partial charge is 0.226 e. The molecule has 0 radical (unpaired) electrons. The number of hydrogen-bond acceptors (Lipinski definition) is 4. The van der Waals surface area contributed by atoms with Crippen LogP contribution in [0, 0.1) is 18.8 Å². The van der Waals surface area contributed by atoms with Crippen molar-refractivity contribution in [1.82, 2.24) is 9.80 Å². The molecule has 1 aliphatic carbocycles. The fraction of sp³-hybridized carbons (Fsp3) is 0.714. The molecule has 34 heavy (non-hydrogen) atoms. The fourth-order valence-corrected chi connectivity index (χ4v) is 6.44. The molecule has 1 saturated carbocycles. The van der Waals surface area contributed by atoms with Gasteiger partial charge in [-0.15, -0.1) is 0 Å². The molecule has 0 aromatic heterocycles. The lowest BCUT2D eigenvalue weighted by atomic mass is 9.88. The van der Waals surface area contributed by atoms with Gasteiger partial charge in [-0.1, -0.05) is 24.4 Å². The van der Waals surface area contributed by atoms with E-state index in [1.54, 1.807) is 0 Å². The first-order valence-corrected chi connectivity index (χ1v) is 13.6. The number of Topliss-reactive ketones (excluding diaryl/α,β-unsaturated/α-hetero) is 1. The minimum absolute atomic E-state index is 0.226. The Balaban J connectivity index is 1.35. The molecule has 0 spiro atoms. The summed E-state index contributed by atoms with van der Waals surface area (Å²) in [6.07, 6.45) is 7.78. The van der Waals surface area contributed by atoms with Gasteiger partial charge in [-0.2, -0.15) is 0 Å². The number of halogens is 1. The third-order valence-electron chi connectivity index (χ3n) is 8.18. The number of amides is 1. The van der Waals surface area contributed by atoms with E-state index in [9.17, 15) is 9.59 Å². The topological polar surface area (TPSA) is 49.9 Å². The van der Waals surface area contributed by atoms with Crippen molar-refractivity contribution in [2.24, 2.45) is 11.8 Å². The average Bonchev–Trinajstić information content (AvgIpc) is 3.31. The zero-order valence-electron chi connectivity index (χ0n) is 21.2. The lowest BCUT2D eigenvalue weighted by Crippen LogP contribution is -2.54. The Morgan fingerprint density at radius 2 is 1.82 bits per heavy atom. The summed E-state index contributed by atoms with van der Waals surface area (Å²) in [4.78, 5) is 30.3. The molecule has 1 aromatic carbocycles. The van der Waals surface area contributed by atoms with E-state index in [-0.39, 0.29) is 18.1 Å². The highest BCUT2D eigenvalue weighted by atomic mass is 35.5. The van der Waals surface area contributed by atoms with E-state index in [4.69, 9.17) is 16.3 Å². The van der Waals surface area contributed by atoms with Crippen molar-refractivity contribution in [3.63, 3.8) is 0 Å². The third-order valence-corrected chi connectivity index (χ3v) is 8.40. The molecule has 0 N–H and O–H groups in total. The SMILES string of the molecule is Cc1c(CC(=O)CC2CCOC(C)C2)cc(Cl)cc1CN1CCN(C(=O)C2CCCC2)[C@@H](C)C1. The van der Waals surface area contributed by atoms with Crippen LogP contribution < -0.4 is 0 Å². The molecule has 5 nitrogen and oxygen atoms in total. The van der Waals surface area contributed by atoms with E-state index in [0.717, 1.165) is 64.0 Å². The number of carbonyl (C=O) groups is 2. The molecule has 2 heterocycles. The highest BCUT2D eigenvalue weighted by Crippen LogP contribution is 2.29. The van der Waals surface area contributed by atoms with E-state index in [1.165, 1.54) is 24.0 Å². The van der Waals surface area contributed by atoms with Crippen molar-refractivity contribution in [2.75, 3.05) is 26.2 Å². The lowest BCUT2D eigenvalue weighted by molar-refractivity contribution is -0.140. The predicted octanol–water partition coefficient (Wildman–Crippen LogP) is 5.19. The van der Waals surface area contributed by atoms with E-state index in [1.807, 2.05) is 12.1 Å². The van der Waals surface area contributed by atoms with E-state index in [2.05, 4.69) is 30.6 Å².